The lowest BCUT2D eigenvalue weighted by atomic mass is 9.95. The smallest absolute Gasteiger partial charge is 0.240 e. The number of carbonyl (C=O) groups excluding carboxylic acids is 1. The van der Waals surface area contributed by atoms with Gasteiger partial charge in [-0.3, -0.25) is 9.59 Å². The molecular formula is C19H24N2O2. The monoisotopic (exact) mass is 312 g/mol. The standard InChI is InChI=1S/C19H24N2O2/c1-13-10-14(2)19-16(11-13)21(9-8-17(19)22)12-18(23)20-15-6-4-3-5-7-15/h8-11,15H,3-7,12H2,1-2H3,(H,20,23). The first-order valence-corrected chi connectivity index (χ1v) is 8.44. The van der Waals surface area contributed by atoms with Crippen LogP contribution in [-0.4, -0.2) is 16.5 Å². The van der Waals surface area contributed by atoms with Crippen molar-refractivity contribution in [3.63, 3.8) is 0 Å². The van der Waals surface area contributed by atoms with Crippen LogP contribution in [0.5, 0.6) is 0 Å². The van der Waals surface area contributed by atoms with Gasteiger partial charge in [0, 0.05) is 23.7 Å². The van der Waals surface area contributed by atoms with Crippen LogP contribution in [0.2, 0.25) is 0 Å². The zero-order valence-electron chi connectivity index (χ0n) is 13.9. The maximum Gasteiger partial charge on any atom is 0.240 e. The number of rotatable bonds is 3. The van der Waals surface area contributed by atoms with Gasteiger partial charge in [0.25, 0.3) is 0 Å². The van der Waals surface area contributed by atoms with Crippen molar-refractivity contribution in [3.05, 3.63) is 45.7 Å². The number of hydrogen-bond donors (Lipinski definition) is 1. The lowest BCUT2D eigenvalue weighted by Gasteiger charge is -2.23. The summed E-state index contributed by atoms with van der Waals surface area (Å²) in [5.41, 5.74) is 2.92. The second-order valence-electron chi connectivity index (χ2n) is 6.69. The molecule has 3 rings (SSSR count). The number of nitrogens with one attached hydrogen (secondary N) is 1. The Morgan fingerprint density at radius 2 is 1.96 bits per heavy atom. The first-order chi connectivity index (χ1) is 11.0. The van der Waals surface area contributed by atoms with Crippen LogP contribution in [0.25, 0.3) is 10.9 Å². The third kappa shape index (κ3) is 3.46. The molecule has 1 aromatic carbocycles. The Morgan fingerprint density at radius 1 is 1.22 bits per heavy atom. The van der Waals surface area contributed by atoms with Crippen molar-refractivity contribution in [3.8, 4) is 0 Å². The fourth-order valence-corrected chi connectivity index (χ4v) is 3.63. The van der Waals surface area contributed by atoms with E-state index in [1.807, 2.05) is 30.5 Å². The van der Waals surface area contributed by atoms with Gasteiger partial charge in [-0.2, -0.15) is 0 Å². The van der Waals surface area contributed by atoms with Gasteiger partial charge in [-0.15, -0.1) is 0 Å². The Hall–Kier alpha value is -2.10. The zero-order chi connectivity index (χ0) is 16.4. The van der Waals surface area contributed by atoms with E-state index in [-0.39, 0.29) is 17.9 Å². The van der Waals surface area contributed by atoms with Gasteiger partial charge in [0.2, 0.25) is 5.91 Å². The van der Waals surface area contributed by atoms with Crippen LogP contribution >= 0.6 is 0 Å². The van der Waals surface area contributed by atoms with E-state index in [9.17, 15) is 9.59 Å². The van der Waals surface area contributed by atoms with Crippen molar-refractivity contribution in [2.24, 2.45) is 0 Å². The summed E-state index contributed by atoms with van der Waals surface area (Å²) in [6.45, 7) is 4.22. The van der Waals surface area contributed by atoms with Gasteiger partial charge in [-0.05, 0) is 43.9 Å². The molecule has 0 unspecified atom stereocenters. The second kappa shape index (κ2) is 6.57. The molecule has 0 bridgehead atoms. The van der Waals surface area contributed by atoms with Gasteiger partial charge in [0.05, 0.1) is 5.52 Å². The minimum Gasteiger partial charge on any atom is -0.352 e. The van der Waals surface area contributed by atoms with E-state index in [4.69, 9.17) is 0 Å². The highest BCUT2D eigenvalue weighted by Gasteiger charge is 2.16. The van der Waals surface area contributed by atoms with Crippen LogP contribution in [0.4, 0.5) is 0 Å². The SMILES string of the molecule is Cc1cc(C)c2c(=O)ccn(CC(=O)NC3CCCCC3)c2c1. The summed E-state index contributed by atoms with van der Waals surface area (Å²) in [4.78, 5) is 24.5. The van der Waals surface area contributed by atoms with Crippen molar-refractivity contribution >= 4 is 16.8 Å². The Bertz CT molecular complexity index is 786. The average molecular weight is 312 g/mol. The van der Waals surface area contributed by atoms with Gasteiger partial charge < -0.3 is 9.88 Å². The van der Waals surface area contributed by atoms with Crippen LogP contribution in [-0.2, 0) is 11.3 Å². The van der Waals surface area contributed by atoms with Crippen LogP contribution < -0.4 is 10.7 Å². The molecule has 1 aliphatic rings. The normalized spacial score (nSPS) is 15.7. The number of fused-ring (bicyclic) bond motifs is 1. The van der Waals surface area contributed by atoms with Crippen molar-refractivity contribution in [1.82, 2.24) is 9.88 Å². The number of nitrogens with zero attached hydrogens (tertiary/aromatic N) is 1. The molecule has 1 amide bonds. The highest BCUT2D eigenvalue weighted by Crippen LogP contribution is 2.19. The molecule has 2 aromatic rings. The van der Waals surface area contributed by atoms with Crippen LogP contribution in [0.3, 0.4) is 0 Å². The summed E-state index contributed by atoms with van der Waals surface area (Å²) >= 11 is 0. The number of benzene rings is 1. The van der Waals surface area contributed by atoms with Gasteiger partial charge in [-0.1, -0.05) is 25.3 Å². The third-order valence-electron chi connectivity index (χ3n) is 4.70. The van der Waals surface area contributed by atoms with Crippen LogP contribution in [0.15, 0.2) is 29.2 Å². The minimum atomic E-state index is 0.0152. The molecule has 1 heterocycles. The van der Waals surface area contributed by atoms with Crippen LogP contribution in [0.1, 0.15) is 43.2 Å². The van der Waals surface area contributed by atoms with Crippen molar-refractivity contribution in [1.29, 1.82) is 0 Å². The molecule has 0 atom stereocenters. The number of carbonyl (C=O) groups is 1. The van der Waals surface area contributed by atoms with Gasteiger partial charge >= 0.3 is 0 Å². The lowest BCUT2D eigenvalue weighted by molar-refractivity contribution is -0.122. The molecule has 1 aliphatic carbocycles. The Labute approximate surface area is 136 Å². The third-order valence-corrected chi connectivity index (χ3v) is 4.70. The molecule has 4 heteroatoms. The van der Waals surface area contributed by atoms with E-state index in [0.717, 1.165) is 29.5 Å². The van der Waals surface area contributed by atoms with E-state index in [1.54, 1.807) is 12.3 Å². The Balaban J connectivity index is 1.86. The first-order valence-electron chi connectivity index (χ1n) is 8.44. The zero-order valence-corrected chi connectivity index (χ0v) is 13.9. The molecule has 0 radical (unpaired) electrons. The predicted molar refractivity (Wildman–Crippen MR) is 92.7 cm³/mol. The van der Waals surface area contributed by atoms with E-state index in [2.05, 4.69) is 5.32 Å². The second-order valence-corrected chi connectivity index (χ2v) is 6.69. The van der Waals surface area contributed by atoms with Crippen molar-refractivity contribution in [2.75, 3.05) is 0 Å². The molecule has 1 N–H and O–H groups in total. The largest absolute Gasteiger partial charge is 0.352 e. The summed E-state index contributed by atoms with van der Waals surface area (Å²) < 4.78 is 1.88. The molecule has 23 heavy (non-hydrogen) atoms. The molecule has 1 fully saturated rings. The quantitative estimate of drug-likeness (QED) is 0.947. The lowest BCUT2D eigenvalue weighted by Crippen LogP contribution is -2.38. The number of hydrogen-bond acceptors (Lipinski definition) is 2. The van der Waals surface area contributed by atoms with Crippen molar-refractivity contribution in [2.45, 2.75) is 58.5 Å². The van der Waals surface area contributed by atoms with Gasteiger partial charge in [0.1, 0.15) is 6.54 Å². The van der Waals surface area contributed by atoms with E-state index in [0.29, 0.717) is 11.4 Å². The number of aromatic nitrogens is 1. The van der Waals surface area contributed by atoms with Gasteiger partial charge in [0.15, 0.2) is 5.43 Å². The highest BCUT2D eigenvalue weighted by atomic mass is 16.2. The highest BCUT2D eigenvalue weighted by molar-refractivity contribution is 5.85. The molecule has 4 nitrogen and oxygen atoms in total. The summed E-state index contributed by atoms with van der Waals surface area (Å²) in [6, 6.07) is 5.86. The van der Waals surface area contributed by atoms with Gasteiger partial charge in [-0.25, -0.2) is 0 Å². The summed E-state index contributed by atoms with van der Waals surface area (Å²) in [7, 11) is 0. The maximum absolute atomic E-state index is 12.4. The molecule has 1 aromatic heterocycles. The fourth-order valence-electron chi connectivity index (χ4n) is 3.63. The summed E-state index contributed by atoms with van der Waals surface area (Å²) in [5, 5.41) is 3.85. The maximum atomic E-state index is 12.4. The molecule has 0 spiro atoms. The van der Waals surface area contributed by atoms with E-state index < -0.39 is 0 Å². The van der Waals surface area contributed by atoms with E-state index >= 15 is 0 Å². The minimum absolute atomic E-state index is 0.0152. The molecule has 1 saturated carbocycles. The number of amides is 1. The fraction of sp³-hybridized carbons (Fsp3) is 0.474. The predicted octanol–water partition coefficient (Wildman–Crippen LogP) is 3.07. The van der Waals surface area contributed by atoms with Crippen molar-refractivity contribution < 1.29 is 4.79 Å². The topological polar surface area (TPSA) is 51.1 Å². The molecule has 0 saturated heterocycles. The summed E-state index contributed by atoms with van der Waals surface area (Å²) in [6.07, 6.45) is 7.55. The molecule has 122 valence electrons. The Kier molecular flexibility index (Phi) is 4.51. The molecular weight excluding hydrogens is 288 g/mol. The number of aryl methyl sites for hydroxylation is 2. The molecule has 0 aliphatic heterocycles. The van der Waals surface area contributed by atoms with Crippen LogP contribution in [0, 0.1) is 13.8 Å². The first kappa shape index (κ1) is 15.8. The number of pyridine rings is 1. The average Bonchev–Trinajstić information content (AvgIpc) is 2.50. The Morgan fingerprint density at radius 3 is 2.70 bits per heavy atom. The summed E-state index contributed by atoms with van der Waals surface area (Å²) in [5.74, 6) is 0.0287. The van der Waals surface area contributed by atoms with E-state index in [1.165, 1.54) is 19.3 Å².